The van der Waals surface area contributed by atoms with Gasteiger partial charge < -0.3 is 0 Å². The summed E-state index contributed by atoms with van der Waals surface area (Å²) in [4.78, 5) is 0.192. The molecule has 0 heterocycles. The average molecular weight is 298 g/mol. The summed E-state index contributed by atoms with van der Waals surface area (Å²) in [5.41, 5.74) is 0.731. The highest BCUT2D eigenvalue weighted by Gasteiger charge is 2.17. The van der Waals surface area contributed by atoms with Crippen molar-refractivity contribution in [1.29, 1.82) is 0 Å². The van der Waals surface area contributed by atoms with Crippen LogP contribution in [0.4, 0.5) is 0 Å². The van der Waals surface area contributed by atoms with Gasteiger partial charge in [0.25, 0.3) is 9.05 Å². The van der Waals surface area contributed by atoms with Gasteiger partial charge in [-0.3, -0.25) is 0 Å². The summed E-state index contributed by atoms with van der Waals surface area (Å²) in [6, 6.07) is 4.96. The second-order valence-electron chi connectivity index (χ2n) is 3.27. The van der Waals surface area contributed by atoms with E-state index in [9.17, 15) is 8.42 Å². The highest BCUT2D eigenvalue weighted by Crippen LogP contribution is 2.29. The van der Waals surface area contributed by atoms with E-state index in [0.29, 0.717) is 0 Å². The number of benzene rings is 1. The summed E-state index contributed by atoms with van der Waals surface area (Å²) < 4.78 is 23.3. The van der Waals surface area contributed by atoms with Crippen molar-refractivity contribution in [3.05, 3.63) is 28.2 Å². The van der Waals surface area contributed by atoms with Crippen LogP contribution >= 0.6 is 26.6 Å². The van der Waals surface area contributed by atoms with Gasteiger partial charge in [-0.05, 0) is 29.7 Å². The lowest BCUT2D eigenvalue weighted by Gasteiger charge is -2.10. The zero-order valence-electron chi connectivity index (χ0n) is 7.79. The molecule has 0 aliphatic heterocycles. The molecule has 2 nitrogen and oxygen atoms in total. The molecule has 0 aliphatic carbocycles. The maximum atomic E-state index is 11.2. The molecule has 0 atom stereocenters. The third-order valence-electron chi connectivity index (χ3n) is 1.86. The van der Waals surface area contributed by atoms with Gasteiger partial charge in [0, 0.05) is 15.2 Å². The first-order valence-corrected chi connectivity index (χ1v) is 7.16. The Bertz CT molecular complexity index is 440. The predicted molar refractivity (Wildman–Crippen MR) is 61.3 cm³/mol. The van der Waals surface area contributed by atoms with Crippen molar-refractivity contribution < 1.29 is 8.42 Å². The van der Waals surface area contributed by atoms with Crippen LogP contribution in [0.2, 0.25) is 0 Å². The van der Waals surface area contributed by atoms with E-state index < -0.39 is 9.05 Å². The number of halogens is 2. The molecule has 0 aliphatic rings. The first-order chi connectivity index (χ1) is 6.32. The number of rotatable bonds is 2. The molecule has 0 N–H and O–H groups in total. The summed E-state index contributed by atoms with van der Waals surface area (Å²) in [7, 11) is 1.67. The van der Waals surface area contributed by atoms with Gasteiger partial charge in [-0.15, -0.1) is 0 Å². The number of hydrogen-bond donors (Lipinski definition) is 0. The van der Waals surface area contributed by atoms with Crippen molar-refractivity contribution in [3.63, 3.8) is 0 Å². The quantitative estimate of drug-likeness (QED) is 0.783. The SMILES string of the molecule is CC(C)c1cc(Br)ccc1S(=O)(=O)Cl. The van der Waals surface area contributed by atoms with Crippen LogP contribution in [0.1, 0.15) is 25.3 Å². The highest BCUT2D eigenvalue weighted by atomic mass is 79.9. The lowest BCUT2D eigenvalue weighted by Crippen LogP contribution is -1.99. The van der Waals surface area contributed by atoms with Crippen molar-refractivity contribution >= 4 is 35.7 Å². The Morgan fingerprint density at radius 2 is 1.93 bits per heavy atom. The Kier molecular flexibility index (Phi) is 3.61. The Morgan fingerprint density at radius 1 is 1.36 bits per heavy atom. The monoisotopic (exact) mass is 296 g/mol. The minimum absolute atomic E-state index is 0.121. The van der Waals surface area contributed by atoms with Gasteiger partial charge >= 0.3 is 0 Å². The van der Waals surface area contributed by atoms with E-state index in [-0.39, 0.29) is 10.8 Å². The molecule has 0 unspecified atom stereocenters. The van der Waals surface area contributed by atoms with Crippen molar-refractivity contribution in [2.75, 3.05) is 0 Å². The molecule has 1 rings (SSSR count). The molecule has 0 saturated carbocycles. The molecule has 0 aromatic heterocycles. The van der Waals surface area contributed by atoms with Gasteiger partial charge in [0.05, 0.1) is 4.90 Å². The molecule has 14 heavy (non-hydrogen) atoms. The normalized spacial score (nSPS) is 12.1. The van der Waals surface area contributed by atoms with Gasteiger partial charge in [0.2, 0.25) is 0 Å². The van der Waals surface area contributed by atoms with E-state index >= 15 is 0 Å². The third kappa shape index (κ3) is 2.72. The van der Waals surface area contributed by atoms with Crippen LogP contribution in [-0.2, 0) is 9.05 Å². The molecule has 0 spiro atoms. The molecule has 1 aromatic carbocycles. The lowest BCUT2D eigenvalue weighted by atomic mass is 10.0. The first-order valence-electron chi connectivity index (χ1n) is 4.06. The zero-order chi connectivity index (χ0) is 10.9. The van der Waals surface area contributed by atoms with Crippen molar-refractivity contribution in [3.8, 4) is 0 Å². The fourth-order valence-corrected chi connectivity index (χ4v) is 2.80. The van der Waals surface area contributed by atoms with E-state index in [1.165, 1.54) is 6.07 Å². The van der Waals surface area contributed by atoms with Gasteiger partial charge in [-0.1, -0.05) is 29.8 Å². The minimum atomic E-state index is -3.64. The smallest absolute Gasteiger partial charge is 0.207 e. The standard InChI is InChI=1S/C9H10BrClO2S/c1-6(2)8-5-7(10)3-4-9(8)14(11,12)13/h3-6H,1-2H3. The van der Waals surface area contributed by atoms with Crippen LogP contribution in [-0.4, -0.2) is 8.42 Å². The van der Waals surface area contributed by atoms with Gasteiger partial charge in [0.1, 0.15) is 0 Å². The largest absolute Gasteiger partial charge is 0.261 e. The van der Waals surface area contributed by atoms with Crippen LogP contribution < -0.4 is 0 Å². The second-order valence-corrected chi connectivity index (χ2v) is 6.72. The highest BCUT2D eigenvalue weighted by molar-refractivity contribution is 9.10. The predicted octanol–water partition coefficient (Wildman–Crippen LogP) is 3.50. The Hall–Kier alpha value is -0.0600. The average Bonchev–Trinajstić information content (AvgIpc) is 2.01. The van der Waals surface area contributed by atoms with Gasteiger partial charge in [-0.25, -0.2) is 8.42 Å². The van der Waals surface area contributed by atoms with Crippen LogP contribution in [0.3, 0.4) is 0 Å². The molecule has 5 heteroatoms. The van der Waals surface area contributed by atoms with E-state index in [4.69, 9.17) is 10.7 Å². The van der Waals surface area contributed by atoms with E-state index in [1.54, 1.807) is 12.1 Å². The van der Waals surface area contributed by atoms with Crippen LogP contribution in [0.25, 0.3) is 0 Å². The van der Waals surface area contributed by atoms with E-state index in [2.05, 4.69) is 15.9 Å². The summed E-state index contributed by atoms with van der Waals surface area (Å²) in [6.45, 7) is 3.85. The zero-order valence-corrected chi connectivity index (χ0v) is 10.9. The molecular formula is C9H10BrClO2S. The summed E-state index contributed by atoms with van der Waals surface area (Å²) in [6.07, 6.45) is 0. The summed E-state index contributed by atoms with van der Waals surface area (Å²) >= 11 is 3.29. The molecule has 1 aromatic rings. The molecule has 0 fully saturated rings. The molecule has 0 saturated heterocycles. The van der Waals surface area contributed by atoms with Crippen LogP contribution in [0.15, 0.2) is 27.6 Å². The van der Waals surface area contributed by atoms with E-state index in [1.807, 2.05) is 13.8 Å². The van der Waals surface area contributed by atoms with Crippen molar-refractivity contribution in [2.45, 2.75) is 24.7 Å². The molecule has 0 radical (unpaired) electrons. The molecular weight excluding hydrogens is 288 g/mol. The fourth-order valence-electron chi connectivity index (χ4n) is 1.19. The van der Waals surface area contributed by atoms with Crippen LogP contribution in [0, 0.1) is 0 Å². The Morgan fingerprint density at radius 3 is 2.36 bits per heavy atom. The van der Waals surface area contributed by atoms with Gasteiger partial charge in [0.15, 0.2) is 0 Å². The third-order valence-corrected chi connectivity index (χ3v) is 3.75. The molecule has 78 valence electrons. The minimum Gasteiger partial charge on any atom is -0.207 e. The van der Waals surface area contributed by atoms with Crippen molar-refractivity contribution in [2.24, 2.45) is 0 Å². The first kappa shape index (κ1) is 12.0. The van der Waals surface area contributed by atoms with Gasteiger partial charge in [-0.2, -0.15) is 0 Å². The summed E-state index contributed by atoms with van der Waals surface area (Å²) in [5, 5.41) is 0. The number of hydrogen-bond acceptors (Lipinski definition) is 2. The maximum Gasteiger partial charge on any atom is 0.261 e. The van der Waals surface area contributed by atoms with Crippen LogP contribution in [0.5, 0.6) is 0 Å². The Labute approximate surface area is 96.8 Å². The fraction of sp³-hybridized carbons (Fsp3) is 0.333. The van der Waals surface area contributed by atoms with Crippen molar-refractivity contribution in [1.82, 2.24) is 0 Å². The molecule has 0 bridgehead atoms. The molecule has 0 amide bonds. The topological polar surface area (TPSA) is 34.1 Å². The van der Waals surface area contributed by atoms with E-state index in [0.717, 1.165) is 10.0 Å². The maximum absolute atomic E-state index is 11.2. The Balaban J connectivity index is 3.45. The second kappa shape index (κ2) is 4.21. The summed E-state index contributed by atoms with van der Waals surface area (Å²) in [5.74, 6) is 0.121. The lowest BCUT2D eigenvalue weighted by molar-refractivity contribution is 0.607.